The zero-order valence-corrected chi connectivity index (χ0v) is 6.36. The average Bonchev–Trinajstić information content (AvgIpc) is 2.39. The molecule has 0 saturated carbocycles. The third-order valence-electron chi connectivity index (χ3n) is 1.46. The van der Waals surface area contributed by atoms with Crippen LogP contribution in [0.3, 0.4) is 0 Å². The van der Waals surface area contributed by atoms with Gasteiger partial charge in [-0.3, -0.25) is 10.1 Å². The molecule has 1 rings (SSSR count). The van der Waals surface area contributed by atoms with Crippen LogP contribution in [0.1, 0.15) is 6.92 Å². The summed E-state index contributed by atoms with van der Waals surface area (Å²) in [6, 6.07) is 0. The van der Waals surface area contributed by atoms with Crippen LogP contribution in [0.4, 0.5) is 0 Å². The smallest absolute Gasteiger partial charge is 0.137 e. The Kier molecular flexibility index (Phi) is 2.20. The van der Waals surface area contributed by atoms with Crippen LogP contribution in [0.5, 0.6) is 0 Å². The number of rotatable bonds is 3. The van der Waals surface area contributed by atoms with Crippen molar-refractivity contribution >= 4 is 5.84 Å². The van der Waals surface area contributed by atoms with Gasteiger partial charge in [0.05, 0.1) is 12.4 Å². The zero-order chi connectivity index (χ0) is 8.27. The highest BCUT2D eigenvalue weighted by molar-refractivity contribution is 5.79. The molecule has 0 bridgehead atoms. The minimum absolute atomic E-state index is 0.0247. The van der Waals surface area contributed by atoms with Crippen molar-refractivity contribution in [2.45, 2.75) is 13.5 Å². The van der Waals surface area contributed by atoms with Crippen molar-refractivity contribution in [1.82, 2.24) is 14.8 Å². The van der Waals surface area contributed by atoms with Gasteiger partial charge in [0.2, 0.25) is 0 Å². The van der Waals surface area contributed by atoms with Crippen molar-refractivity contribution in [3.05, 3.63) is 12.7 Å². The van der Waals surface area contributed by atoms with Gasteiger partial charge in [0.1, 0.15) is 12.7 Å². The first-order valence-electron chi connectivity index (χ1n) is 3.36. The normalized spacial score (nSPS) is 12.8. The molecule has 5 heteroatoms. The third kappa shape index (κ3) is 2.03. The summed E-state index contributed by atoms with van der Waals surface area (Å²) in [4.78, 5) is 3.78. The summed E-state index contributed by atoms with van der Waals surface area (Å²) < 4.78 is 1.66. The molecular formula is C6H11N5. The topological polar surface area (TPSA) is 80.6 Å². The van der Waals surface area contributed by atoms with Crippen molar-refractivity contribution in [1.29, 1.82) is 5.41 Å². The lowest BCUT2D eigenvalue weighted by molar-refractivity contribution is 0.536. The Morgan fingerprint density at radius 1 is 1.82 bits per heavy atom. The second-order valence-electron chi connectivity index (χ2n) is 2.47. The molecule has 1 atom stereocenters. The predicted octanol–water partition coefficient (Wildman–Crippen LogP) is -0.150. The highest BCUT2D eigenvalue weighted by Crippen LogP contribution is 1.96. The fourth-order valence-electron chi connectivity index (χ4n) is 0.706. The Hall–Kier alpha value is -1.39. The Balaban J connectivity index is 2.50. The summed E-state index contributed by atoms with van der Waals surface area (Å²) in [5, 5.41) is 11.0. The van der Waals surface area contributed by atoms with Crippen LogP contribution >= 0.6 is 0 Å². The lowest BCUT2D eigenvalue weighted by atomic mass is 10.2. The van der Waals surface area contributed by atoms with Crippen LogP contribution in [-0.4, -0.2) is 20.6 Å². The maximum Gasteiger partial charge on any atom is 0.137 e. The van der Waals surface area contributed by atoms with Crippen molar-refractivity contribution in [3.63, 3.8) is 0 Å². The molecule has 1 heterocycles. The van der Waals surface area contributed by atoms with Crippen LogP contribution in [0, 0.1) is 11.3 Å². The third-order valence-corrected chi connectivity index (χ3v) is 1.46. The van der Waals surface area contributed by atoms with E-state index in [4.69, 9.17) is 11.1 Å². The van der Waals surface area contributed by atoms with Crippen molar-refractivity contribution in [2.24, 2.45) is 11.7 Å². The number of nitrogens with one attached hydrogen (secondary N) is 1. The quantitative estimate of drug-likeness (QED) is 0.468. The molecule has 0 saturated heterocycles. The van der Waals surface area contributed by atoms with E-state index in [0.29, 0.717) is 6.54 Å². The number of nitrogens with two attached hydrogens (primary N) is 1. The second kappa shape index (κ2) is 3.14. The number of nitrogens with zero attached hydrogens (tertiary/aromatic N) is 3. The Bertz CT molecular complexity index is 227. The molecule has 0 amide bonds. The fraction of sp³-hybridized carbons (Fsp3) is 0.500. The molecule has 1 unspecified atom stereocenters. The fourth-order valence-corrected chi connectivity index (χ4v) is 0.706. The largest absolute Gasteiger partial charge is 0.387 e. The molecule has 1 aromatic heterocycles. The van der Waals surface area contributed by atoms with E-state index in [2.05, 4.69) is 10.1 Å². The van der Waals surface area contributed by atoms with Crippen LogP contribution in [0.25, 0.3) is 0 Å². The van der Waals surface area contributed by atoms with E-state index in [9.17, 15) is 0 Å². The molecule has 0 aliphatic rings. The monoisotopic (exact) mass is 153 g/mol. The maximum absolute atomic E-state index is 7.12. The first-order valence-corrected chi connectivity index (χ1v) is 3.36. The Morgan fingerprint density at radius 3 is 3.00 bits per heavy atom. The van der Waals surface area contributed by atoms with E-state index in [1.54, 1.807) is 11.0 Å². The van der Waals surface area contributed by atoms with Gasteiger partial charge in [-0.05, 0) is 0 Å². The molecule has 0 aliphatic heterocycles. The molecule has 0 spiro atoms. The number of amidine groups is 1. The SMILES string of the molecule is CC(Cn1cncn1)C(=N)N. The Morgan fingerprint density at radius 2 is 2.55 bits per heavy atom. The summed E-state index contributed by atoms with van der Waals surface area (Å²) in [7, 11) is 0. The second-order valence-corrected chi connectivity index (χ2v) is 2.47. The molecule has 3 N–H and O–H groups in total. The average molecular weight is 153 g/mol. The van der Waals surface area contributed by atoms with Gasteiger partial charge in [-0.15, -0.1) is 0 Å². The Labute approximate surface area is 64.7 Å². The van der Waals surface area contributed by atoms with Gasteiger partial charge in [-0.25, -0.2) is 4.98 Å². The standard InChI is InChI=1S/C6H11N5/c1-5(6(7)8)2-11-4-9-3-10-11/h3-5H,2H2,1H3,(H3,7,8). The van der Waals surface area contributed by atoms with E-state index in [1.165, 1.54) is 6.33 Å². The van der Waals surface area contributed by atoms with Gasteiger partial charge < -0.3 is 5.73 Å². The molecule has 11 heavy (non-hydrogen) atoms. The van der Waals surface area contributed by atoms with E-state index in [1.807, 2.05) is 6.92 Å². The minimum atomic E-state index is 0.0247. The van der Waals surface area contributed by atoms with E-state index >= 15 is 0 Å². The molecular weight excluding hydrogens is 142 g/mol. The summed E-state index contributed by atoms with van der Waals surface area (Å²) in [6.45, 7) is 2.50. The summed E-state index contributed by atoms with van der Waals surface area (Å²) in [6.07, 6.45) is 3.08. The first kappa shape index (κ1) is 7.71. The van der Waals surface area contributed by atoms with Crippen molar-refractivity contribution in [2.75, 3.05) is 0 Å². The summed E-state index contributed by atoms with van der Waals surface area (Å²) >= 11 is 0. The maximum atomic E-state index is 7.12. The molecule has 0 aromatic carbocycles. The van der Waals surface area contributed by atoms with Crippen LogP contribution < -0.4 is 5.73 Å². The summed E-state index contributed by atoms with van der Waals surface area (Å²) in [5.41, 5.74) is 5.27. The summed E-state index contributed by atoms with van der Waals surface area (Å²) in [5.74, 6) is 0.206. The molecule has 0 radical (unpaired) electrons. The van der Waals surface area contributed by atoms with Crippen LogP contribution in [0.15, 0.2) is 12.7 Å². The highest BCUT2D eigenvalue weighted by Gasteiger charge is 2.05. The van der Waals surface area contributed by atoms with E-state index < -0.39 is 0 Å². The number of hydrogen-bond acceptors (Lipinski definition) is 3. The van der Waals surface area contributed by atoms with E-state index in [-0.39, 0.29) is 11.8 Å². The highest BCUT2D eigenvalue weighted by atomic mass is 15.3. The van der Waals surface area contributed by atoms with Crippen LogP contribution in [0.2, 0.25) is 0 Å². The predicted molar refractivity (Wildman–Crippen MR) is 41.1 cm³/mol. The molecule has 0 aliphatic carbocycles. The molecule has 60 valence electrons. The first-order chi connectivity index (χ1) is 5.20. The molecule has 1 aromatic rings. The molecule has 5 nitrogen and oxygen atoms in total. The lowest BCUT2D eigenvalue weighted by Gasteiger charge is -2.07. The van der Waals surface area contributed by atoms with Gasteiger partial charge in [0.25, 0.3) is 0 Å². The minimum Gasteiger partial charge on any atom is -0.387 e. The van der Waals surface area contributed by atoms with Gasteiger partial charge in [-0.2, -0.15) is 5.10 Å². The van der Waals surface area contributed by atoms with Crippen molar-refractivity contribution in [3.8, 4) is 0 Å². The number of hydrogen-bond donors (Lipinski definition) is 2. The van der Waals surface area contributed by atoms with Gasteiger partial charge >= 0.3 is 0 Å². The lowest BCUT2D eigenvalue weighted by Crippen LogP contribution is -2.24. The van der Waals surface area contributed by atoms with Gasteiger partial charge in [-0.1, -0.05) is 6.92 Å². The van der Waals surface area contributed by atoms with Crippen molar-refractivity contribution < 1.29 is 0 Å². The van der Waals surface area contributed by atoms with Crippen LogP contribution in [-0.2, 0) is 6.54 Å². The zero-order valence-electron chi connectivity index (χ0n) is 6.36. The van der Waals surface area contributed by atoms with Gasteiger partial charge in [0.15, 0.2) is 0 Å². The number of aromatic nitrogens is 3. The molecule has 0 fully saturated rings. The van der Waals surface area contributed by atoms with Gasteiger partial charge in [0, 0.05) is 5.92 Å². The van der Waals surface area contributed by atoms with E-state index in [0.717, 1.165) is 0 Å².